The molecule has 0 bridgehead atoms. The number of carbonyl (C=O) groups is 2. The molecule has 0 saturated heterocycles. The topological polar surface area (TPSA) is 58.2 Å². The van der Waals surface area contributed by atoms with Crippen LogP contribution in [-0.4, -0.2) is 17.9 Å². The number of anilines is 1. The quantitative estimate of drug-likeness (QED) is 0.427. The Bertz CT molecular complexity index is 1140. The van der Waals surface area contributed by atoms with Gasteiger partial charge >= 0.3 is 12.4 Å². The van der Waals surface area contributed by atoms with E-state index < -0.39 is 46.4 Å². The molecule has 0 aromatic heterocycles. The first kappa shape index (κ1) is 26.1. The summed E-state index contributed by atoms with van der Waals surface area (Å²) < 4.78 is 80.4. The molecule has 4 aliphatic rings. The highest BCUT2D eigenvalue weighted by atomic mass is 19.4. The number of amides is 2. The predicted octanol–water partition coefficient (Wildman–Crippen LogP) is 6.58. The molecule has 3 saturated carbocycles. The molecule has 4 nitrogen and oxygen atoms in total. The van der Waals surface area contributed by atoms with Gasteiger partial charge in [0.05, 0.1) is 16.8 Å². The molecule has 1 heterocycles. The summed E-state index contributed by atoms with van der Waals surface area (Å²) in [4.78, 5) is 25.3. The van der Waals surface area contributed by atoms with Crippen LogP contribution in [0, 0.1) is 34.5 Å². The van der Waals surface area contributed by atoms with Gasteiger partial charge in [-0.3, -0.25) is 9.59 Å². The van der Waals surface area contributed by atoms with Crippen molar-refractivity contribution < 1.29 is 35.9 Å². The summed E-state index contributed by atoms with van der Waals surface area (Å²) in [6.07, 6.45) is -1.73. The number of fused-ring (bicyclic) bond motifs is 5. The van der Waals surface area contributed by atoms with Crippen LogP contribution in [0.2, 0.25) is 0 Å². The number of carbonyl (C=O) groups excluding carboxylic acids is 2. The molecule has 202 valence electrons. The van der Waals surface area contributed by atoms with Gasteiger partial charge in [0.2, 0.25) is 11.8 Å². The molecule has 3 fully saturated rings. The molecule has 1 aromatic rings. The number of benzene rings is 1. The zero-order valence-corrected chi connectivity index (χ0v) is 20.6. The van der Waals surface area contributed by atoms with Crippen LogP contribution >= 0.6 is 0 Å². The standard InChI is InChI=1S/C27H30F6N2O2/c1-24-11-9-17-15(4-8-21-25(17,2)12-10-22(36)35-21)16(24)6-7-19(24)23(37)34-20-13-14(26(28,29)30)3-5-18(20)27(31,32)33/h3,5,10,12-13,15-17,19,21H,4,6-9,11H2,1-2H3,(H,34,37)(H,35,36)/t15-,16+,17-,19-,21+,24-,25+/m0/s1. The van der Waals surface area contributed by atoms with E-state index in [4.69, 9.17) is 0 Å². The Hall–Kier alpha value is -2.52. The lowest BCUT2D eigenvalue weighted by Gasteiger charge is -2.58. The molecule has 10 heteroatoms. The third kappa shape index (κ3) is 4.24. The van der Waals surface area contributed by atoms with Crippen LogP contribution in [0.1, 0.15) is 63.5 Å². The maximum Gasteiger partial charge on any atom is 0.418 e. The van der Waals surface area contributed by atoms with Crippen molar-refractivity contribution in [3.05, 3.63) is 41.5 Å². The van der Waals surface area contributed by atoms with Gasteiger partial charge in [-0.1, -0.05) is 19.9 Å². The molecule has 5 rings (SSSR count). The number of alkyl halides is 6. The van der Waals surface area contributed by atoms with Gasteiger partial charge in [0.15, 0.2) is 0 Å². The van der Waals surface area contributed by atoms with Crippen LogP contribution in [0.15, 0.2) is 30.4 Å². The molecular formula is C27H30F6N2O2. The van der Waals surface area contributed by atoms with Crippen molar-refractivity contribution in [3.8, 4) is 0 Å². The SMILES string of the molecule is C[C@]12C=CC(=O)N[C@@H]1CC[C@H]1[C@H]3CC[C@@H](C(=O)Nc4cc(C(F)(F)F)ccc4C(F)(F)F)[C@@]3(C)CC[C@@H]12. The Morgan fingerprint density at radius 1 is 0.973 bits per heavy atom. The zero-order valence-electron chi connectivity index (χ0n) is 20.6. The second-order valence-corrected chi connectivity index (χ2v) is 11.6. The van der Waals surface area contributed by atoms with Gasteiger partial charge in [0.25, 0.3) is 0 Å². The smallest absolute Gasteiger partial charge is 0.349 e. The number of hydrogen-bond donors (Lipinski definition) is 2. The minimum absolute atomic E-state index is 0.0535. The van der Waals surface area contributed by atoms with Gasteiger partial charge in [-0.25, -0.2) is 0 Å². The lowest BCUT2D eigenvalue weighted by atomic mass is 9.48. The van der Waals surface area contributed by atoms with E-state index in [1.807, 2.05) is 13.0 Å². The normalized spacial score (nSPS) is 37.3. The summed E-state index contributed by atoms with van der Waals surface area (Å²) in [7, 11) is 0. The Labute approximate surface area is 211 Å². The largest absolute Gasteiger partial charge is 0.418 e. The van der Waals surface area contributed by atoms with Crippen LogP contribution in [0.3, 0.4) is 0 Å². The van der Waals surface area contributed by atoms with E-state index >= 15 is 0 Å². The summed E-state index contributed by atoms with van der Waals surface area (Å²) in [6, 6.07) is 1.18. The molecule has 1 aliphatic heterocycles. The van der Waals surface area contributed by atoms with E-state index in [9.17, 15) is 35.9 Å². The van der Waals surface area contributed by atoms with Crippen LogP contribution in [0.4, 0.5) is 32.0 Å². The highest BCUT2D eigenvalue weighted by Crippen LogP contribution is 2.65. The molecule has 0 spiro atoms. The van der Waals surface area contributed by atoms with Crippen LogP contribution in [0.25, 0.3) is 0 Å². The predicted molar refractivity (Wildman–Crippen MR) is 124 cm³/mol. The molecule has 0 unspecified atom stereocenters. The van der Waals surface area contributed by atoms with E-state index in [-0.39, 0.29) is 23.3 Å². The van der Waals surface area contributed by atoms with Crippen molar-refractivity contribution in [3.63, 3.8) is 0 Å². The molecule has 2 N–H and O–H groups in total. The highest BCUT2D eigenvalue weighted by Gasteiger charge is 2.61. The second kappa shape index (κ2) is 8.50. The molecule has 37 heavy (non-hydrogen) atoms. The van der Waals surface area contributed by atoms with Crippen molar-refractivity contribution in [2.45, 2.75) is 70.8 Å². The Kier molecular flexibility index (Phi) is 5.99. The number of hydrogen-bond acceptors (Lipinski definition) is 2. The van der Waals surface area contributed by atoms with Crippen LogP contribution < -0.4 is 10.6 Å². The molecule has 2 amide bonds. The molecular weight excluding hydrogens is 498 g/mol. The van der Waals surface area contributed by atoms with Gasteiger partial charge < -0.3 is 10.6 Å². The van der Waals surface area contributed by atoms with Crippen molar-refractivity contribution in [1.82, 2.24) is 5.32 Å². The fourth-order valence-corrected chi connectivity index (χ4v) is 8.06. The van der Waals surface area contributed by atoms with E-state index in [1.54, 1.807) is 6.08 Å². The van der Waals surface area contributed by atoms with Crippen molar-refractivity contribution in [2.75, 3.05) is 5.32 Å². The second-order valence-electron chi connectivity index (χ2n) is 11.6. The van der Waals surface area contributed by atoms with Crippen LogP contribution in [0.5, 0.6) is 0 Å². The van der Waals surface area contributed by atoms with Crippen molar-refractivity contribution >= 4 is 17.5 Å². The minimum Gasteiger partial charge on any atom is -0.349 e. The number of nitrogens with one attached hydrogen (secondary N) is 2. The maximum atomic E-state index is 13.6. The van der Waals surface area contributed by atoms with Crippen LogP contribution in [-0.2, 0) is 21.9 Å². The first-order valence-corrected chi connectivity index (χ1v) is 12.7. The Morgan fingerprint density at radius 2 is 1.70 bits per heavy atom. The lowest BCUT2D eigenvalue weighted by Crippen LogP contribution is -2.59. The van der Waals surface area contributed by atoms with E-state index in [2.05, 4.69) is 17.6 Å². The summed E-state index contributed by atoms with van der Waals surface area (Å²) in [5.41, 5.74) is -4.06. The third-order valence-corrected chi connectivity index (χ3v) is 9.91. The molecule has 7 atom stereocenters. The molecule has 0 radical (unpaired) electrons. The van der Waals surface area contributed by atoms with E-state index in [0.717, 1.165) is 25.7 Å². The van der Waals surface area contributed by atoms with Crippen molar-refractivity contribution in [2.24, 2.45) is 34.5 Å². The summed E-state index contributed by atoms with van der Waals surface area (Å²) >= 11 is 0. The summed E-state index contributed by atoms with van der Waals surface area (Å²) in [5.74, 6) is -0.555. The van der Waals surface area contributed by atoms with E-state index in [0.29, 0.717) is 42.9 Å². The minimum atomic E-state index is -4.91. The fourth-order valence-electron chi connectivity index (χ4n) is 8.06. The average Bonchev–Trinajstić information content (AvgIpc) is 3.15. The highest BCUT2D eigenvalue weighted by molar-refractivity contribution is 5.94. The first-order chi connectivity index (χ1) is 17.1. The molecule has 3 aliphatic carbocycles. The summed E-state index contributed by atoms with van der Waals surface area (Å²) in [6.45, 7) is 4.17. The first-order valence-electron chi connectivity index (χ1n) is 12.7. The number of halogens is 6. The summed E-state index contributed by atoms with van der Waals surface area (Å²) in [5, 5.41) is 5.33. The molecule has 1 aromatic carbocycles. The van der Waals surface area contributed by atoms with Gasteiger partial charge in [0, 0.05) is 17.4 Å². The Morgan fingerprint density at radius 3 is 2.38 bits per heavy atom. The van der Waals surface area contributed by atoms with Gasteiger partial charge in [-0.2, -0.15) is 26.3 Å². The lowest BCUT2D eigenvalue weighted by molar-refractivity contribution is -0.141. The van der Waals surface area contributed by atoms with Gasteiger partial charge in [-0.15, -0.1) is 0 Å². The zero-order chi connectivity index (χ0) is 27.0. The van der Waals surface area contributed by atoms with E-state index in [1.165, 1.54) is 0 Å². The number of rotatable bonds is 2. The average molecular weight is 529 g/mol. The van der Waals surface area contributed by atoms with Gasteiger partial charge in [0.1, 0.15) is 0 Å². The third-order valence-electron chi connectivity index (χ3n) is 9.91. The maximum absolute atomic E-state index is 13.6. The van der Waals surface area contributed by atoms with Crippen molar-refractivity contribution in [1.29, 1.82) is 0 Å². The van der Waals surface area contributed by atoms with Gasteiger partial charge in [-0.05, 0) is 86.0 Å². The fraction of sp³-hybridized carbons (Fsp3) is 0.630. The Balaban J connectivity index is 1.40. The monoisotopic (exact) mass is 528 g/mol.